The number of halogens is 2. The van der Waals surface area contributed by atoms with Crippen LogP contribution in [0.1, 0.15) is 6.42 Å². The first-order valence-electron chi connectivity index (χ1n) is 5.14. The Balaban J connectivity index is 3.08. The van der Waals surface area contributed by atoms with Crippen molar-refractivity contribution in [2.24, 2.45) is 5.73 Å². The minimum absolute atomic E-state index is 0.528. The maximum absolute atomic E-state index is 13.5. The first-order valence-corrected chi connectivity index (χ1v) is 5.14. The van der Waals surface area contributed by atoms with Crippen LogP contribution in [0.5, 0.6) is 0 Å². The molecule has 0 aliphatic rings. The third-order valence-electron chi connectivity index (χ3n) is 2.25. The van der Waals surface area contributed by atoms with Crippen molar-refractivity contribution in [1.29, 1.82) is 0 Å². The predicted octanol–water partition coefficient (Wildman–Crippen LogP) is 0.613. The summed E-state index contributed by atoms with van der Waals surface area (Å²) in [6.45, 7) is 0. The molecule has 1 aromatic carbocycles. The van der Waals surface area contributed by atoms with E-state index < -0.39 is 52.3 Å². The molecule has 1 aromatic rings. The van der Waals surface area contributed by atoms with Crippen LogP contribution in [-0.2, 0) is 9.59 Å². The second-order valence-corrected chi connectivity index (χ2v) is 3.71. The highest BCUT2D eigenvalue weighted by Crippen LogP contribution is 2.29. The summed E-state index contributed by atoms with van der Waals surface area (Å²) in [5.74, 6) is -5.60. The highest BCUT2D eigenvalue weighted by Gasteiger charge is 2.26. The lowest BCUT2D eigenvalue weighted by atomic mass is 10.2. The molecular weight excluding hydrogens is 280 g/mol. The van der Waals surface area contributed by atoms with Crippen molar-refractivity contribution >= 4 is 23.3 Å². The third kappa shape index (κ3) is 3.45. The van der Waals surface area contributed by atoms with Gasteiger partial charge in [-0.15, -0.1) is 0 Å². The number of carboxylic acids is 1. The zero-order chi connectivity index (χ0) is 15.4. The largest absolute Gasteiger partial charge is 0.481 e. The minimum Gasteiger partial charge on any atom is -0.481 e. The van der Waals surface area contributed by atoms with Crippen LogP contribution < -0.4 is 11.1 Å². The van der Waals surface area contributed by atoms with Gasteiger partial charge in [0.15, 0.2) is 17.3 Å². The maximum Gasteiger partial charge on any atom is 0.305 e. The summed E-state index contributed by atoms with van der Waals surface area (Å²) < 4.78 is 26.5. The average Bonchev–Trinajstić information content (AvgIpc) is 2.33. The molecule has 0 fully saturated rings. The number of amides is 1. The number of anilines is 1. The molecule has 0 saturated heterocycles. The number of carbonyl (C=O) groups is 2. The second kappa shape index (κ2) is 6.02. The number of benzene rings is 1. The van der Waals surface area contributed by atoms with Gasteiger partial charge in [0.1, 0.15) is 0 Å². The third-order valence-corrected chi connectivity index (χ3v) is 2.25. The van der Waals surface area contributed by atoms with Crippen molar-refractivity contribution in [3.8, 4) is 0 Å². The van der Waals surface area contributed by atoms with Crippen LogP contribution in [0.3, 0.4) is 0 Å². The normalized spacial score (nSPS) is 11.8. The van der Waals surface area contributed by atoms with Crippen molar-refractivity contribution < 1.29 is 28.4 Å². The molecule has 108 valence electrons. The Kier molecular flexibility index (Phi) is 4.64. The molecule has 0 saturated carbocycles. The average molecular weight is 289 g/mol. The van der Waals surface area contributed by atoms with Gasteiger partial charge in [-0.25, -0.2) is 8.78 Å². The number of nitro benzene ring substituents is 1. The van der Waals surface area contributed by atoms with Gasteiger partial charge in [0, 0.05) is 6.07 Å². The molecular formula is C10H9F2N3O5. The summed E-state index contributed by atoms with van der Waals surface area (Å²) in [6.07, 6.45) is -0.767. The number of nitro groups is 1. The van der Waals surface area contributed by atoms with E-state index in [0.717, 1.165) is 0 Å². The van der Waals surface area contributed by atoms with Crippen LogP contribution in [0, 0.1) is 21.7 Å². The lowest BCUT2D eigenvalue weighted by Gasteiger charge is -2.11. The molecule has 0 bridgehead atoms. The molecule has 0 heterocycles. The molecule has 1 unspecified atom stereocenters. The lowest BCUT2D eigenvalue weighted by Crippen LogP contribution is -2.37. The Bertz CT molecular complexity index is 578. The van der Waals surface area contributed by atoms with Gasteiger partial charge in [-0.05, 0) is 6.07 Å². The molecule has 0 aliphatic carbocycles. The standard InChI is InChI=1S/C10H9F2N3O5/c11-4-1-2-6(15(19)20)9(8(4)12)14-10(18)5(13)3-7(16)17/h1-2,5H,3,13H2,(H,14,18)(H,16,17). The molecule has 4 N–H and O–H groups in total. The Morgan fingerprint density at radius 1 is 1.45 bits per heavy atom. The van der Waals surface area contributed by atoms with Crippen LogP contribution in [0.4, 0.5) is 20.2 Å². The molecule has 0 spiro atoms. The van der Waals surface area contributed by atoms with E-state index in [0.29, 0.717) is 12.1 Å². The molecule has 0 aliphatic heterocycles. The number of aliphatic carboxylic acids is 1. The van der Waals surface area contributed by atoms with E-state index in [4.69, 9.17) is 10.8 Å². The minimum atomic E-state index is -1.63. The van der Waals surface area contributed by atoms with E-state index in [9.17, 15) is 28.5 Å². The fourth-order valence-corrected chi connectivity index (χ4v) is 1.31. The molecule has 20 heavy (non-hydrogen) atoms. The lowest BCUT2D eigenvalue weighted by molar-refractivity contribution is -0.384. The van der Waals surface area contributed by atoms with Gasteiger partial charge in [-0.2, -0.15) is 0 Å². The Morgan fingerprint density at radius 2 is 2.05 bits per heavy atom. The van der Waals surface area contributed by atoms with Gasteiger partial charge >= 0.3 is 5.97 Å². The van der Waals surface area contributed by atoms with Gasteiger partial charge < -0.3 is 16.2 Å². The van der Waals surface area contributed by atoms with Crippen molar-refractivity contribution in [2.45, 2.75) is 12.5 Å². The Morgan fingerprint density at radius 3 is 2.55 bits per heavy atom. The van der Waals surface area contributed by atoms with Gasteiger partial charge in [-0.1, -0.05) is 0 Å². The van der Waals surface area contributed by atoms with E-state index >= 15 is 0 Å². The number of hydrogen-bond donors (Lipinski definition) is 3. The predicted molar refractivity (Wildman–Crippen MR) is 61.9 cm³/mol. The topological polar surface area (TPSA) is 136 Å². The summed E-state index contributed by atoms with van der Waals surface area (Å²) in [5.41, 5.74) is 3.33. The summed E-state index contributed by atoms with van der Waals surface area (Å²) >= 11 is 0. The van der Waals surface area contributed by atoms with Gasteiger partial charge in [0.05, 0.1) is 17.4 Å². The van der Waals surface area contributed by atoms with Crippen LogP contribution in [-0.4, -0.2) is 27.9 Å². The molecule has 1 amide bonds. The van der Waals surface area contributed by atoms with Crippen LogP contribution in [0.15, 0.2) is 12.1 Å². The number of hydrogen-bond acceptors (Lipinski definition) is 5. The Labute approximate surface area is 110 Å². The summed E-state index contributed by atoms with van der Waals surface area (Å²) in [7, 11) is 0. The quantitative estimate of drug-likeness (QED) is 0.536. The van der Waals surface area contributed by atoms with Crippen LogP contribution >= 0.6 is 0 Å². The first-order chi connectivity index (χ1) is 9.23. The molecule has 0 radical (unpaired) electrons. The van der Waals surface area contributed by atoms with Gasteiger partial charge in [0.2, 0.25) is 5.91 Å². The molecule has 10 heteroatoms. The molecule has 1 atom stereocenters. The van der Waals surface area contributed by atoms with E-state index in [1.54, 1.807) is 5.32 Å². The number of carboxylic acid groups (broad SMARTS) is 1. The summed E-state index contributed by atoms with van der Waals surface area (Å²) in [5, 5.41) is 20.8. The number of nitrogens with one attached hydrogen (secondary N) is 1. The van der Waals surface area contributed by atoms with Crippen LogP contribution in [0.2, 0.25) is 0 Å². The molecule has 8 nitrogen and oxygen atoms in total. The van der Waals surface area contributed by atoms with Crippen LogP contribution in [0.25, 0.3) is 0 Å². The monoisotopic (exact) mass is 289 g/mol. The van der Waals surface area contributed by atoms with Crippen molar-refractivity contribution in [3.05, 3.63) is 33.9 Å². The number of rotatable bonds is 5. The van der Waals surface area contributed by atoms with E-state index in [1.807, 2.05) is 0 Å². The fourth-order valence-electron chi connectivity index (χ4n) is 1.31. The smallest absolute Gasteiger partial charge is 0.305 e. The number of nitrogens with two attached hydrogens (primary N) is 1. The van der Waals surface area contributed by atoms with Crippen molar-refractivity contribution in [3.63, 3.8) is 0 Å². The highest BCUT2D eigenvalue weighted by molar-refractivity contribution is 5.98. The van der Waals surface area contributed by atoms with E-state index in [1.165, 1.54) is 0 Å². The molecule has 1 rings (SSSR count). The van der Waals surface area contributed by atoms with Crippen molar-refractivity contribution in [2.75, 3.05) is 5.32 Å². The van der Waals surface area contributed by atoms with E-state index in [-0.39, 0.29) is 0 Å². The summed E-state index contributed by atoms with van der Waals surface area (Å²) in [4.78, 5) is 31.5. The fraction of sp³-hybridized carbons (Fsp3) is 0.200. The summed E-state index contributed by atoms with van der Waals surface area (Å²) in [6, 6.07) is -0.369. The number of carbonyl (C=O) groups excluding carboxylic acids is 1. The zero-order valence-corrected chi connectivity index (χ0v) is 9.80. The van der Waals surface area contributed by atoms with E-state index in [2.05, 4.69) is 0 Å². The van der Waals surface area contributed by atoms with Gasteiger partial charge in [0.25, 0.3) is 5.69 Å². The number of nitrogens with zero attached hydrogens (tertiary/aromatic N) is 1. The SMILES string of the molecule is NC(CC(=O)O)C(=O)Nc1c([N+](=O)[O-])ccc(F)c1F. The molecule has 0 aromatic heterocycles. The second-order valence-electron chi connectivity index (χ2n) is 3.71. The van der Waals surface area contributed by atoms with Gasteiger partial charge in [-0.3, -0.25) is 19.7 Å². The highest BCUT2D eigenvalue weighted by atomic mass is 19.2. The van der Waals surface area contributed by atoms with Crippen molar-refractivity contribution in [1.82, 2.24) is 0 Å². The Hall–Kier alpha value is -2.62. The maximum atomic E-state index is 13.5. The first kappa shape index (κ1) is 15.4. The zero-order valence-electron chi connectivity index (χ0n) is 9.80.